The maximum Gasteiger partial charge on any atom is 0.269 e. The Labute approximate surface area is 118 Å². The number of carbonyl (C=O) groups is 1. The van der Waals surface area contributed by atoms with E-state index < -0.39 is 4.92 Å². The standard InChI is InChI=1S/C12H12N4O3S/c17-12(15-7-11-13-5-6-14-11)8-20-10-3-1-9(2-4-10)16(18)19/h1-6H,7-8H2,(H,13,14)(H,15,17). The minimum absolute atomic E-state index is 0.0385. The average molecular weight is 292 g/mol. The number of thioether (sulfide) groups is 1. The van der Waals surface area contributed by atoms with Crippen LogP contribution in [0.4, 0.5) is 5.69 Å². The normalized spacial score (nSPS) is 10.2. The van der Waals surface area contributed by atoms with Crippen LogP contribution in [0.25, 0.3) is 0 Å². The molecule has 2 N–H and O–H groups in total. The highest BCUT2D eigenvalue weighted by Crippen LogP contribution is 2.20. The second-order valence-corrected chi connectivity index (χ2v) is 4.90. The summed E-state index contributed by atoms with van der Waals surface area (Å²) < 4.78 is 0. The summed E-state index contributed by atoms with van der Waals surface area (Å²) in [5, 5.41) is 13.2. The van der Waals surface area contributed by atoms with Crippen LogP contribution in [0.15, 0.2) is 41.6 Å². The number of amides is 1. The molecule has 0 unspecified atom stereocenters. The van der Waals surface area contributed by atoms with E-state index in [1.807, 2.05) is 0 Å². The van der Waals surface area contributed by atoms with Crippen LogP contribution in [0.5, 0.6) is 0 Å². The van der Waals surface area contributed by atoms with Gasteiger partial charge in [0.25, 0.3) is 5.69 Å². The van der Waals surface area contributed by atoms with Gasteiger partial charge in [0.2, 0.25) is 5.91 Å². The molecule has 0 atom stereocenters. The van der Waals surface area contributed by atoms with Gasteiger partial charge in [-0.1, -0.05) is 0 Å². The van der Waals surface area contributed by atoms with E-state index in [1.54, 1.807) is 24.5 Å². The Bertz CT molecular complexity index is 583. The lowest BCUT2D eigenvalue weighted by Crippen LogP contribution is -2.25. The van der Waals surface area contributed by atoms with Gasteiger partial charge in [-0.15, -0.1) is 11.8 Å². The lowest BCUT2D eigenvalue weighted by molar-refractivity contribution is -0.384. The molecule has 2 rings (SSSR count). The molecule has 0 radical (unpaired) electrons. The summed E-state index contributed by atoms with van der Waals surface area (Å²) in [6.07, 6.45) is 3.31. The lowest BCUT2D eigenvalue weighted by Gasteiger charge is -2.03. The van der Waals surface area contributed by atoms with Gasteiger partial charge >= 0.3 is 0 Å². The summed E-state index contributed by atoms with van der Waals surface area (Å²) in [7, 11) is 0. The van der Waals surface area contributed by atoms with E-state index in [1.165, 1.54) is 23.9 Å². The molecule has 0 aliphatic rings. The van der Waals surface area contributed by atoms with Gasteiger partial charge in [0.1, 0.15) is 5.82 Å². The molecule has 8 heteroatoms. The van der Waals surface area contributed by atoms with Gasteiger partial charge in [-0.25, -0.2) is 4.98 Å². The molecule has 104 valence electrons. The smallest absolute Gasteiger partial charge is 0.269 e. The minimum atomic E-state index is -0.454. The van der Waals surface area contributed by atoms with Crippen molar-refractivity contribution in [3.05, 3.63) is 52.6 Å². The number of nitrogens with zero attached hydrogens (tertiary/aromatic N) is 2. The first kappa shape index (κ1) is 14.1. The Morgan fingerprint density at radius 2 is 2.15 bits per heavy atom. The van der Waals surface area contributed by atoms with E-state index in [0.717, 1.165) is 4.90 Å². The molecule has 2 aromatic rings. The molecular weight excluding hydrogens is 280 g/mol. The zero-order chi connectivity index (χ0) is 14.4. The van der Waals surface area contributed by atoms with Crippen molar-refractivity contribution in [2.45, 2.75) is 11.4 Å². The van der Waals surface area contributed by atoms with Crippen LogP contribution in [-0.2, 0) is 11.3 Å². The number of aromatic nitrogens is 2. The molecule has 0 aliphatic carbocycles. The van der Waals surface area contributed by atoms with E-state index >= 15 is 0 Å². The molecule has 1 aromatic heterocycles. The van der Waals surface area contributed by atoms with Crippen LogP contribution in [0, 0.1) is 10.1 Å². The molecule has 7 nitrogen and oxygen atoms in total. The van der Waals surface area contributed by atoms with Gasteiger partial charge in [0.15, 0.2) is 0 Å². The van der Waals surface area contributed by atoms with E-state index in [-0.39, 0.29) is 17.3 Å². The number of carbonyl (C=O) groups excluding carboxylic acids is 1. The van der Waals surface area contributed by atoms with Crippen LogP contribution in [0.3, 0.4) is 0 Å². The van der Waals surface area contributed by atoms with Gasteiger partial charge in [0, 0.05) is 29.4 Å². The summed E-state index contributed by atoms with van der Waals surface area (Å²) in [6.45, 7) is 0.354. The Hall–Kier alpha value is -2.35. The maximum absolute atomic E-state index is 11.6. The SMILES string of the molecule is O=C(CSc1ccc([N+](=O)[O-])cc1)NCc1ncc[nH]1. The number of nitro benzene ring substituents is 1. The van der Waals surface area contributed by atoms with Crippen molar-refractivity contribution in [2.24, 2.45) is 0 Å². The molecule has 0 saturated carbocycles. The third-order valence-electron chi connectivity index (χ3n) is 2.43. The third kappa shape index (κ3) is 4.09. The summed E-state index contributed by atoms with van der Waals surface area (Å²) in [5.41, 5.74) is 0.0385. The predicted molar refractivity (Wildman–Crippen MR) is 74.3 cm³/mol. The first-order valence-electron chi connectivity index (χ1n) is 5.77. The van der Waals surface area contributed by atoms with Gasteiger partial charge in [-0.2, -0.15) is 0 Å². The summed E-state index contributed by atoms with van der Waals surface area (Å²) in [6, 6.07) is 6.09. The van der Waals surface area contributed by atoms with E-state index in [9.17, 15) is 14.9 Å². The highest BCUT2D eigenvalue weighted by molar-refractivity contribution is 8.00. The second kappa shape index (κ2) is 6.71. The largest absolute Gasteiger partial charge is 0.348 e. The number of benzene rings is 1. The molecule has 0 bridgehead atoms. The molecule has 0 saturated heterocycles. The Balaban J connectivity index is 1.76. The van der Waals surface area contributed by atoms with Gasteiger partial charge in [0.05, 0.1) is 17.2 Å². The number of hydrogen-bond donors (Lipinski definition) is 2. The Morgan fingerprint density at radius 3 is 2.75 bits per heavy atom. The average Bonchev–Trinajstić information content (AvgIpc) is 2.96. The summed E-state index contributed by atoms with van der Waals surface area (Å²) >= 11 is 1.32. The second-order valence-electron chi connectivity index (χ2n) is 3.85. The van der Waals surface area contributed by atoms with E-state index in [2.05, 4.69) is 15.3 Å². The maximum atomic E-state index is 11.6. The summed E-state index contributed by atoms with van der Waals surface area (Å²) in [5.74, 6) is 0.821. The van der Waals surface area contributed by atoms with Crippen LogP contribution in [0.2, 0.25) is 0 Å². The highest BCUT2D eigenvalue weighted by Gasteiger charge is 2.06. The van der Waals surface area contributed by atoms with Crippen LogP contribution in [0.1, 0.15) is 5.82 Å². The van der Waals surface area contributed by atoms with Crippen molar-refractivity contribution in [3.63, 3.8) is 0 Å². The lowest BCUT2D eigenvalue weighted by atomic mass is 10.3. The molecule has 1 amide bonds. The first-order chi connectivity index (χ1) is 9.65. The number of non-ortho nitro benzene ring substituents is 1. The third-order valence-corrected chi connectivity index (χ3v) is 3.44. The molecule has 0 fully saturated rings. The molecule has 1 heterocycles. The number of aromatic amines is 1. The number of imidazole rings is 1. The molecular formula is C12H12N4O3S. The Kier molecular flexibility index (Phi) is 4.72. The van der Waals surface area contributed by atoms with Crippen LogP contribution < -0.4 is 5.32 Å². The molecule has 20 heavy (non-hydrogen) atoms. The fourth-order valence-electron chi connectivity index (χ4n) is 1.44. The number of hydrogen-bond acceptors (Lipinski definition) is 5. The van der Waals surface area contributed by atoms with Gasteiger partial charge in [-0.05, 0) is 12.1 Å². The van der Waals surface area contributed by atoms with Crippen molar-refractivity contribution in [3.8, 4) is 0 Å². The van der Waals surface area contributed by atoms with Gasteiger partial charge in [-0.3, -0.25) is 14.9 Å². The fraction of sp³-hybridized carbons (Fsp3) is 0.167. The number of nitrogens with one attached hydrogen (secondary N) is 2. The van der Waals surface area contributed by atoms with Crippen molar-refractivity contribution < 1.29 is 9.72 Å². The van der Waals surface area contributed by atoms with Crippen LogP contribution >= 0.6 is 11.8 Å². The Morgan fingerprint density at radius 1 is 1.40 bits per heavy atom. The fourth-order valence-corrected chi connectivity index (χ4v) is 2.17. The van der Waals surface area contributed by atoms with E-state index in [0.29, 0.717) is 12.4 Å². The minimum Gasteiger partial charge on any atom is -0.348 e. The number of H-pyrrole nitrogens is 1. The first-order valence-corrected chi connectivity index (χ1v) is 6.76. The van der Waals surface area contributed by atoms with E-state index in [4.69, 9.17) is 0 Å². The number of nitro groups is 1. The molecule has 1 aromatic carbocycles. The van der Waals surface area contributed by atoms with Crippen molar-refractivity contribution in [2.75, 3.05) is 5.75 Å². The monoisotopic (exact) mass is 292 g/mol. The zero-order valence-electron chi connectivity index (χ0n) is 10.4. The predicted octanol–water partition coefficient (Wildman–Crippen LogP) is 1.73. The zero-order valence-corrected chi connectivity index (χ0v) is 11.2. The van der Waals surface area contributed by atoms with Crippen LogP contribution in [-0.4, -0.2) is 26.6 Å². The summed E-state index contributed by atoms with van der Waals surface area (Å²) in [4.78, 5) is 29.3. The number of rotatable bonds is 6. The van der Waals surface area contributed by atoms with Crippen molar-refractivity contribution in [1.82, 2.24) is 15.3 Å². The van der Waals surface area contributed by atoms with Gasteiger partial charge < -0.3 is 10.3 Å². The topological polar surface area (TPSA) is 101 Å². The quantitative estimate of drug-likeness (QED) is 0.479. The van der Waals surface area contributed by atoms with Crippen molar-refractivity contribution in [1.29, 1.82) is 0 Å². The highest BCUT2D eigenvalue weighted by atomic mass is 32.2. The molecule has 0 spiro atoms. The van der Waals surface area contributed by atoms with Crippen molar-refractivity contribution >= 4 is 23.4 Å². The molecule has 0 aliphatic heterocycles.